The van der Waals surface area contributed by atoms with Crippen molar-refractivity contribution in [1.29, 1.82) is 0 Å². The largest absolute Gasteiger partial charge is 0.377 e. The highest BCUT2D eigenvalue weighted by atomic mass is 32.2. The number of thioether (sulfide) groups is 1. The molecule has 2 aromatic heterocycles. The summed E-state index contributed by atoms with van der Waals surface area (Å²) in [6.45, 7) is 10.0. The summed E-state index contributed by atoms with van der Waals surface area (Å²) in [5.41, 5.74) is 3.17. The van der Waals surface area contributed by atoms with Gasteiger partial charge in [0.05, 0.1) is 19.3 Å². The number of aromatic nitrogens is 4. The highest BCUT2D eigenvalue weighted by molar-refractivity contribution is 7.99. The first-order chi connectivity index (χ1) is 19.1. The normalized spacial score (nSPS) is 25.0. The van der Waals surface area contributed by atoms with Crippen LogP contribution in [-0.4, -0.2) is 51.1 Å². The Bertz CT molecular complexity index is 1240. The Kier molecular flexibility index (Phi) is 8.30. The van der Waals surface area contributed by atoms with Gasteiger partial charge in [0.25, 0.3) is 0 Å². The molecule has 6 rings (SSSR count). The molecule has 0 spiro atoms. The van der Waals surface area contributed by atoms with E-state index in [2.05, 4.69) is 65.9 Å². The van der Waals surface area contributed by atoms with E-state index in [1.54, 1.807) is 11.8 Å². The van der Waals surface area contributed by atoms with Crippen molar-refractivity contribution in [3.05, 3.63) is 35.9 Å². The minimum Gasteiger partial charge on any atom is -0.377 e. The number of hydrogen-bond donors (Lipinski definition) is 1. The van der Waals surface area contributed by atoms with Crippen molar-refractivity contribution in [1.82, 2.24) is 19.5 Å². The van der Waals surface area contributed by atoms with Crippen LogP contribution in [0.5, 0.6) is 0 Å². The molecule has 1 aliphatic heterocycles. The van der Waals surface area contributed by atoms with Crippen molar-refractivity contribution in [3.63, 3.8) is 0 Å². The van der Waals surface area contributed by atoms with Gasteiger partial charge in [0.2, 0.25) is 5.95 Å². The van der Waals surface area contributed by atoms with Crippen molar-refractivity contribution in [2.24, 2.45) is 17.8 Å². The average Bonchev–Trinajstić information content (AvgIpc) is 3.28. The monoisotopic (exact) mass is 548 g/mol. The fourth-order valence-electron chi connectivity index (χ4n) is 6.53. The molecule has 3 fully saturated rings. The standard InChI is InChI=1S/C31H44N6OS/c1-4-39-30-33-28(32-22(3)24-11-8-12-24)27-29(34-30)35-31(37(27)19-23-15-13-21(2)14-16-23)36-17-18-38-20-26(36)25-9-6-5-7-10-25/h5-7,9-10,21-24,26H,4,8,11-20H2,1-3H3,(H,32,33,34)/t21?,22-,23?,26+/m1/s1. The number of benzene rings is 1. The third kappa shape index (κ3) is 5.78. The second-order valence-corrected chi connectivity index (χ2v) is 13.2. The molecule has 0 unspecified atom stereocenters. The van der Waals surface area contributed by atoms with Gasteiger partial charge < -0.3 is 19.5 Å². The summed E-state index contributed by atoms with van der Waals surface area (Å²) in [6.07, 6.45) is 9.12. The van der Waals surface area contributed by atoms with E-state index in [4.69, 9.17) is 19.7 Å². The highest BCUT2D eigenvalue weighted by Gasteiger charge is 2.33. The lowest BCUT2D eigenvalue weighted by Crippen LogP contribution is -2.41. The summed E-state index contributed by atoms with van der Waals surface area (Å²) < 4.78 is 8.49. The van der Waals surface area contributed by atoms with Crippen LogP contribution in [0.4, 0.5) is 11.8 Å². The fourth-order valence-corrected chi connectivity index (χ4v) is 7.09. The summed E-state index contributed by atoms with van der Waals surface area (Å²) in [6, 6.07) is 11.3. The van der Waals surface area contributed by atoms with Crippen molar-refractivity contribution >= 4 is 34.7 Å². The lowest BCUT2D eigenvalue weighted by molar-refractivity contribution is 0.0927. The molecule has 210 valence electrons. The van der Waals surface area contributed by atoms with Crippen molar-refractivity contribution in [3.8, 4) is 0 Å². The van der Waals surface area contributed by atoms with Gasteiger partial charge in [0.15, 0.2) is 16.6 Å². The van der Waals surface area contributed by atoms with E-state index in [1.807, 2.05) is 0 Å². The predicted octanol–water partition coefficient (Wildman–Crippen LogP) is 6.94. The topological polar surface area (TPSA) is 68.1 Å². The van der Waals surface area contributed by atoms with Crippen LogP contribution >= 0.6 is 11.8 Å². The fraction of sp³-hybridized carbons (Fsp3) is 0.645. The van der Waals surface area contributed by atoms with E-state index in [-0.39, 0.29) is 6.04 Å². The quantitative estimate of drug-likeness (QED) is 0.229. The Hall–Kier alpha value is -2.32. The van der Waals surface area contributed by atoms with Gasteiger partial charge in [-0.15, -0.1) is 0 Å². The van der Waals surface area contributed by atoms with Crippen LogP contribution in [0, 0.1) is 17.8 Å². The lowest BCUT2D eigenvalue weighted by Gasteiger charge is -2.37. The van der Waals surface area contributed by atoms with Crippen LogP contribution in [0.15, 0.2) is 35.5 Å². The summed E-state index contributed by atoms with van der Waals surface area (Å²) in [5.74, 6) is 5.12. The van der Waals surface area contributed by atoms with Gasteiger partial charge in [-0.3, -0.25) is 0 Å². The van der Waals surface area contributed by atoms with Crippen LogP contribution < -0.4 is 10.2 Å². The smallest absolute Gasteiger partial charge is 0.208 e. The number of rotatable bonds is 9. The maximum absolute atomic E-state index is 6.01. The molecule has 0 radical (unpaired) electrons. The predicted molar refractivity (Wildman–Crippen MR) is 161 cm³/mol. The molecule has 2 aliphatic carbocycles. The highest BCUT2D eigenvalue weighted by Crippen LogP contribution is 2.38. The second kappa shape index (κ2) is 12.0. The van der Waals surface area contributed by atoms with Crippen molar-refractivity contribution in [2.45, 2.75) is 89.5 Å². The molecule has 39 heavy (non-hydrogen) atoms. The maximum Gasteiger partial charge on any atom is 0.208 e. The number of nitrogens with one attached hydrogen (secondary N) is 1. The van der Waals surface area contributed by atoms with E-state index >= 15 is 0 Å². The minimum atomic E-state index is 0.129. The van der Waals surface area contributed by atoms with E-state index in [0.717, 1.165) is 58.8 Å². The average molecular weight is 549 g/mol. The Balaban J connectivity index is 1.46. The summed E-state index contributed by atoms with van der Waals surface area (Å²) in [7, 11) is 0. The van der Waals surface area contributed by atoms with Gasteiger partial charge in [-0.2, -0.15) is 4.98 Å². The van der Waals surface area contributed by atoms with Gasteiger partial charge in [0, 0.05) is 19.1 Å². The number of anilines is 2. The molecule has 1 saturated heterocycles. The minimum absolute atomic E-state index is 0.129. The first kappa shape index (κ1) is 26.9. The van der Waals surface area contributed by atoms with E-state index in [1.165, 1.54) is 50.5 Å². The maximum atomic E-state index is 6.01. The lowest BCUT2D eigenvalue weighted by atomic mass is 9.80. The number of fused-ring (bicyclic) bond motifs is 1. The molecule has 3 aromatic rings. The third-order valence-electron chi connectivity index (χ3n) is 9.20. The third-order valence-corrected chi connectivity index (χ3v) is 9.93. The number of morpholine rings is 1. The van der Waals surface area contributed by atoms with Crippen molar-refractivity contribution < 1.29 is 4.74 Å². The van der Waals surface area contributed by atoms with Crippen LogP contribution in [0.3, 0.4) is 0 Å². The molecule has 3 aliphatic rings. The molecule has 7 nitrogen and oxygen atoms in total. The van der Waals surface area contributed by atoms with Crippen LogP contribution in [0.25, 0.3) is 11.2 Å². The zero-order valence-electron chi connectivity index (χ0n) is 23.8. The number of ether oxygens (including phenoxy) is 1. The second-order valence-electron chi connectivity index (χ2n) is 11.9. The molecule has 1 N–H and O–H groups in total. The van der Waals surface area contributed by atoms with Crippen LogP contribution in [-0.2, 0) is 11.3 Å². The molecule has 8 heteroatoms. The molecule has 2 saturated carbocycles. The Morgan fingerprint density at radius 1 is 1.05 bits per heavy atom. The van der Waals surface area contributed by atoms with Gasteiger partial charge >= 0.3 is 0 Å². The first-order valence-corrected chi connectivity index (χ1v) is 16.2. The molecule has 3 heterocycles. The van der Waals surface area contributed by atoms with E-state index in [9.17, 15) is 0 Å². The molecule has 2 atom stereocenters. The summed E-state index contributed by atoms with van der Waals surface area (Å²) in [5, 5.41) is 4.68. The number of imidazole rings is 1. The Morgan fingerprint density at radius 2 is 1.85 bits per heavy atom. The first-order valence-electron chi connectivity index (χ1n) is 15.2. The zero-order valence-corrected chi connectivity index (χ0v) is 24.6. The molecule has 0 amide bonds. The van der Waals surface area contributed by atoms with Gasteiger partial charge in [-0.05, 0) is 61.7 Å². The zero-order chi connectivity index (χ0) is 26.8. The van der Waals surface area contributed by atoms with Crippen molar-refractivity contribution in [2.75, 3.05) is 35.7 Å². The van der Waals surface area contributed by atoms with E-state index in [0.29, 0.717) is 25.2 Å². The summed E-state index contributed by atoms with van der Waals surface area (Å²) in [4.78, 5) is 17.9. The number of nitrogens with zero attached hydrogens (tertiary/aromatic N) is 5. The summed E-state index contributed by atoms with van der Waals surface area (Å²) >= 11 is 1.70. The molecular weight excluding hydrogens is 504 g/mol. The molecule has 0 bridgehead atoms. The Morgan fingerprint density at radius 3 is 2.56 bits per heavy atom. The SMILES string of the molecule is CCSc1nc(N[C@H](C)C2CCC2)c2c(n1)nc(N1CCOC[C@H]1c1ccccc1)n2CC1CCC(C)CC1. The van der Waals surface area contributed by atoms with Gasteiger partial charge in [0.1, 0.15) is 5.52 Å². The molecular formula is C31H44N6OS. The van der Waals surface area contributed by atoms with Gasteiger partial charge in [-0.25, -0.2) is 9.97 Å². The van der Waals surface area contributed by atoms with Crippen LogP contribution in [0.1, 0.15) is 77.3 Å². The Labute approximate surface area is 237 Å². The van der Waals surface area contributed by atoms with Crippen LogP contribution in [0.2, 0.25) is 0 Å². The number of hydrogen-bond acceptors (Lipinski definition) is 7. The molecule has 1 aromatic carbocycles. The van der Waals surface area contributed by atoms with Gasteiger partial charge in [-0.1, -0.05) is 75.2 Å². The van der Waals surface area contributed by atoms with E-state index < -0.39 is 0 Å².